The fraction of sp³-hybridized carbons (Fsp3) is 0.536. The number of hydrogen-bond donors (Lipinski definition) is 2. The van der Waals surface area contributed by atoms with Crippen molar-refractivity contribution in [3.05, 3.63) is 47.9 Å². The highest BCUT2D eigenvalue weighted by molar-refractivity contribution is 7.99. The molecular weight excluding hydrogens is 472 g/mol. The molecule has 1 saturated heterocycles. The molecule has 0 unspecified atom stereocenters. The highest BCUT2D eigenvalue weighted by Crippen LogP contribution is 2.32. The largest absolute Gasteiger partial charge is 0.497 e. The maximum Gasteiger partial charge on any atom is 0.303 e. The minimum atomic E-state index is -0.685. The van der Waals surface area contributed by atoms with Crippen LogP contribution in [-0.4, -0.2) is 63.7 Å². The second-order valence-electron chi connectivity index (χ2n) is 9.85. The number of carboxylic acids is 1. The predicted molar refractivity (Wildman–Crippen MR) is 145 cm³/mol. The van der Waals surface area contributed by atoms with Crippen LogP contribution in [0.5, 0.6) is 5.75 Å². The minimum Gasteiger partial charge on any atom is -0.497 e. The number of fused-ring (bicyclic) bond motifs is 1. The number of benzene rings is 1. The molecule has 0 radical (unpaired) electrons. The zero-order chi connectivity index (χ0) is 25.3. The highest BCUT2D eigenvalue weighted by atomic mass is 32.2. The third kappa shape index (κ3) is 7.23. The molecule has 8 heteroatoms. The Morgan fingerprint density at radius 3 is 2.92 bits per heavy atom. The number of H-pyrrole nitrogens is 1. The number of aliphatic carboxylic acids is 1. The lowest BCUT2D eigenvalue weighted by Gasteiger charge is -2.39. The zero-order valence-electron chi connectivity index (χ0n) is 21.4. The number of likely N-dealkylation sites (tertiary alicyclic amines) is 1. The Labute approximate surface area is 218 Å². The van der Waals surface area contributed by atoms with Gasteiger partial charge in [-0.15, -0.1) is 11.8 Å². The van der Waals surface area contributed by atoms with E-state index in [0.717, 1.165) is 86.3 Å². The lowest BCUT2D eigenvalue weighted by atomic mass is 9.79. The van der Waals surface area contributed by atoms with Crippen molar-refractivity contribution in [2.45, 2.75) is 56.8 Å². The highest BCUT2D eigenvalue weighted by Gasteiger charge is 2.29. The molecule has 0 amide bonds. The Morgan fingerprint density at radius 2 is 2.14 bits per heavy atom. The molecule has 3 heterocycles. The van der Waals surface area contributed by atoms with E-state index in [9.17, 15) is 9.90 Å². The second kappa shape index (κ2) is 13.1. The summed E-state index contributed by atoms with van der Waals surface area (Å²) in [4.78, 5) is 19.6. The van der Waals surface area contributed by atoms with Crippen molar-refractivity contribution in [2.75, 3.05) is 32.5 Å². The summed E-state index contributed by atoms with van der Waals surface area (Å²) >= 11 is 1.86. The summed E-state index contributed by atoms with van der Waals surface area (Å²) in [6, 6.07) is 8.18. The van der Waals surface area contributed by atoms with Gasteiger partial charge in [-0.2, -0.15) is 5.10 Å². The molecular formula is C28H38N4O3S. The van der Waals surface area contributed by atoms with E-state index < -0.39 is 5.97 Å². The quantitative estimate of drug-likeness (QED) is 0.229. The topological polar surface area (TPSA) is 91.3 Å². The molecule has 1 fully saturated rings. The molecule has 0 aliphatic carbocycles. The number of aromatic amines is 1. The average molecular weight is 511 g/mol. The number of hydrogen-bond acceptors (Lipinski definition) is 6. The fourth-order valence-electron chi connectivity index (χ4n) is 5.41. The molecule has 4 rings (SSSR count). The molecule has 2 atom stereocenters. The first-order valence-corrected chi connectivity index (χ1v) is 14.0. The smallest absolute Gasteiger partial charge is 0.303 e. The lowest BCUT2D eigenvalue weighted by Crippen LogP contribution is -2.41. The van der Waals surface area contributed by atoms with Crippen molar-refractivity contribution in [1.29, 1.82) is 0 Å². The Bertz CT molecular complexity index is 1130. The van der Waals surface area contributed by atoms with Gasteiger partial charge in [0.15, 0.2) is 0 Å². The summed E-state index contributed by atoms with van der Waals surface area (Å²) in [6.07, 6.45) is 10.4. The van der Waals surface area contributed by atoms with Crippen molar-refractivity contribution in [1.82, 2.24) is 20.1 Å². The van der Waals surface area contributed by atoms with Crippen LogP contribution in [0.15, 0.2) is 41.6 Å². The van der Waals surface area contributed by atoms with E-state index >= 15 is 0 Å². The Kier molecular flexibility index (Phi) is 9.64. The number of pyridine rings is 1. The standard InChI is InChI=1S/C28H38N4O3S/c1-20-27(18-30-31-20)36-16-4-14-32-15-12-21(23(19-32)7-10-28(33)34)5-3-6-22-11-13-29-26-9-8-24(35-2)17-25(22)26/h8-9,11,13,17-18,21,23H,3-7,10,12,14-16,19H2,1-2H3,(H,30,31)(H,33,34)/t21-,23+/m1/s1. The molecule has 194 valence electrons. The van der Waals surface area contributed by atoms with Crippen molar-refractivity contribution in [2.24, 2.45) is 11.8 Å². The van der Waals surface area contributed by atoms with E-state index in [1.54, 1.807) is 7.11 Å². The first kappa shape index (κ1) is 26.5. The maximum absolute atomic E-state index is 11.3. The average Bonchev–Trinajstić information content (AvgIpc) is 3.30. The van der Waals surface area contributed by atoms with Gasteiger partial charge in [0, 0.05) is 35.1 Å². The van der Waals surface area contributed by atoms with Gasteiger partial charge in [-0.25, -0.2) is 0 Å². The van der Waals surface area contributed by atoms with Gasteiger partial charge < -0.3 is 14.7 Å². The Morgan fingerprint density at radius 1 is 1.25 bits per heavy atom. The predicted octanol–water partition coefficient (Wildman–Crippen LogP) is 5.58. The molecule has 1 aromatic carbocycles. The molecule has 0 saturated carbocycles. The van der Waals surface area contributed by atoms with E-state index in [1.165, 1.54) is 10.5 Å². The van der Waals surface area contributed by atoms with Gasteiger partial charge in [-0.05, 0) is 106 Å². The minimum absolute atomic E-state index is 0.263. The van der Waals surface area contributed by atoms with Gasteiger partial charge in [0.2, 0.25) is 0 Å². The lowest BCUT2D eigenvalue weighted by molar-refractivity contribution is -0.137. The zero-order valence-corrected chi connectivity index (χ0v) is 22.2. The molecule has 3 aromatic rings. The van der Waals surface area contributed by atoms with Gasteiger partial charge in [-0.3, -0.25) is 14.9 Å². The van der Waals surface area contributed by atoms with Gasteiger partial charge in [0.1, 0.15) is 5.75 Å². The normalized spacial score (nSPS) is 18.5. The number of nitrogens with one attached hydrogen (secondary N) is 1. The fourth-order valence-corrected chi connectivity index (χ4v) is 6.30. The van der Waals surface area contributed by atoms with Gasteiger partial charge in [-0.1, -0.05) is 0 Å². The van der Waals surface area contributed by atoms with Crippen LogP contribution in [0.2, 0.25) is 0 Å². The number of piperidine rings is 1. The number of methoxy groups -OCH3 is 1. The van der Waals surface area contributed by atoms with Crippen LogP contribution in [0.4, 0.5) is 0 Å². The summed E-state index contributed by atoms with van der Waals surface area (Å²) in [5.74, 6) is 2.29. The van der Waals surface area contributed by atoms with Gasteiger partial charge in [0.25, 0.3) is 0 Å². The Balaban J connectivity index is 1.29. The van der Waals surface area contributed by atoms with E-state index in [2.05, 4.69) is 39.1 Å². The van der Waals surface area contributed by atoms with Crippen LogP contribution >= 0.6 is 11.8 Å². The number of carbonyl (C=O) groups is 1. The third-order valence-corrected chi connectivity index (χ3v) is 8.64. The second-order valence-corrected chi connectivity index (χ2v) is 11.0. The van der Waals surface area contributed by atoms with Crippen molar-refractivity contribution >= 4 is 28.6 Å². The summed E-state index contributed by atoms with van der Waals surface area (Å²) in [5, 5.41) is 17.6. The van der Waals surface area contributed by atoms with Crippen LogP contribution in [0.1, 0.15) is 49.8 Å². The maximum atomic E-state index is 11.3. The van der Waals surface area contributed by atoms with Gasteiger partial charge >= 0.3 is 5.97 Å². The third-order valence-electron chi connectivity index (χ3n) is 7.42. The van der Waals surface area contributed by atoms with Crippen LogP contribution in [0.25, 0.3) is 10.9 Å². The summed E-state index contributed by atoms with van der Waals surface area (Å²) in [7, 11) is 1.69. The molecule has 0 spiro atoms. The summed E-state index contributed by atoms with van der Waals surface area (Å²) in [5.41, 5.74) is 3.44. The van der Waals surface area contributed by atoms with Crippen LogP contribution < -0.4 is 4.74 Å². The molecule has 1 aliphatic heterocycles. The number of aromatic nitrogens is 3. The SMILES string of the molecule is COc1ccc2nccc(CCC[C@@H]3CCN(CCCSc4cn[nH]c4C)C[C@@H]3CCC(=O)O)c2c1. The number of rotatable bonds is 13. The number of nitrogens with zero attached hydrogens (tertiary/aromatic N) is 3. The molecule has 1 aliphatic rings. The summed E-state index contributed by atoms with van der Waals surface area (Å²) in [6.45, 7) is 5.26. The van der Waals surface area contributed by atoms with Crippen LogP contribution in [0.3, 0.4) is 0 Å². The number of carboxylic acid groups (broad SMARTS) is 1. The van der Waals surface area contributed by atoms with Crippen molar-refractivity contribution in [3.8, 4) is 5.75 Å². The van der Waals surface area contributed by atoms with Crippen molar-refractivity contribution in [3.63, 3.8) is 0 Å². The molecule has 7 nitrogen and oxygen atoms in total. The summed E-state index contributed by atoms with van der Waals surface area (Å²) < 4.78 is 5.42. The van der Waals surface area contributed by atoms with Gasteiger partial charge in [0.05, 0.1) is 18.8 Å². The molecule has 2 N–H and O–H groups in total. The van der Waals surface area contributed by atoms with E-state index in [1.807, 2.05) is 36.3 Å². The van der Waals surface area contributed by atoms with Crippen molar-refractivity contribution < 1.29 is 14.6 Å². The van der Waals surface area contributed by atoms with Crippen LogP contribution in [0, 0.1) is 18.8 Å². The molecule has 2 aromatic heterocycles. The molecule has 36 heavy (non-hydrogen) atoms. The number of aryl methyl sites for hydroxylation is 2. The molecule has 0 bridgehead atoms. The first-order valence-electron chi connectivity index (χ1n) is 13.0. The number of ether oxygens (including phenoxy) is 1. The van der Waals surface area contributed by atoms with E-state index in [4.69, 9.17) is 4.74 Å². The monoisotopic (exact) mass is 510 g/mol. The van der Waals surface area contributed by atoms with E-state index in [0.29, 0.717) is 11.8 Å². The Hall–Kier alpha value is -2.58. The van der Waals surface area contributed by atoms with Crippen LogP contribution in [-0.2, 0) is 11.2 Å². The number of thioether (sulfide) groups is 1. The first-order chi connectivity index (χ1) is 17.5. The van der Waals surface area contributed by atoms with E-state index in [-0.39, 0.29) is 6.42 Å².